The van der Waals surface area contributed by atoms with Gasteiger partial charge in [0.2, 0.25) is 0 Å². The first-order chi connectivity index (χ1) is 11.1. The lowest BCUT2D eigenvalue weighted by Crippen LogP contribution is -2.37. The fourth-order valence-corrected chi connectivity index (χ4v) is 2.69. The largest absolute Gasteiger partial charge is 0.378 e. The van der Waals surface area contributed by atoms with Crippen LogP contribution >= 0.6 is 0 Å². The first-order valence-electron chi connectivity index (χ1n) is 7.49. The van der Waals surface area contributed by atoms with Crippen molar-refractivity contribution in [3.63, 3.8) is 0 Å². The van der Waals surface area contributed by atoms with Crippen LogP contribution in [0.4, 0.5) is 17.1 Å². The molecular formula is C17H17N3O3. The van der Waals surface area contributed by atoms with Gasteiger partial charge in [-0.3, -0.25) is 14.9 Å². The Hall–Kier alpha value is -2.89. The number of carbonyl (C=O) groups excluding carboxylic acids is 1. The molecule has 1 aliphatic rings. The first-order valence-corrected chi connectivity index (χ1v) is 7.49. The van der Waals surface area contributed by atoms with E-state index in [9.17, 15) is 14.9 Å². The summed E-state index contributed by atoms with van der Waals surface area (Å²) in [6.45, 7) is 0.192. The van der Waals surface area contributed by atoms with E-state index in [0.717, 1.165) is 18.5 Å². The SMILES string of the molecule is O=C(CNc1ccc([N+](=O)[O-])cc1)C1CCc2ccccc2N1. The molecule has 118 valence electrons. The Kier molecular flexibility index (Phi) is 4.23. The van der Waals surface area contributed by atoms with Crippen LogP contribution in [0.5, 0.6) is 0 Å². The van der Waals surface area contributed by atoms with Crippen molar-refractivity contribution in [3.8, 4) is 0 Å². The van der Waals surface area contributed by atoms with Gasteiger partial charge in [-0.15, -0.1) is 0 Å². The van der Waals surface area contributed by atoms with Crippen molar-refractivity contribution in [1.29, 1.82) is 0 Å². The summed E-state index contributed by atoms with van der Waals surface area (Å²) >= 11 is 0. The van der Waals surface area contributed by atoms with E-state index < -0.39 is 4.92 Å². The molecule has 0 spiro atoms. The predicted octanol–water partition coefficient (Wildman–Crippen LogP) is 3.00. The zero-order valence-corrected chi connectivity index (χ0v) is 12.5. The number of carbonyl (C=O) groups is 1. The van der Waals surface area contributed by atoms with Crippen LogP contribution in [-0.2, 0) is 11.2 Å². The summed E-state index contributed by atoms with van der Waals surface area (Å²) < 4.78 is 0. The molecule has 1 unspecified atom stereocenters. The monoisotopic (exact) mass is 311 g/mol. The molecule has 0 amide bonds. The van der Waals surface area contributed by atoms with Crippen molar-refractivity contribution in [2.75, 3.05) is 17.2 Å². The molecule has 0 aromatic heterocycles. The Labute approximate surface area is 133 Å². The molecule has 6 heteroatoms. The number of non-ortho nitro benzene ring substituents is 1. The summed E-state index contributed by atoms with van der Waals surface area (Å²) in [5, 5.41) is 16.9. The van der Waals surface area contributed by atoms with Gasteiger partial charge >= 0.3 is 0 Å². The van der Waals surface area contributed by atoms with Crippen LogP contribution < -0.4 is 10.6 Å². The van der Waals surface area contributed by atoms with Gasteiger partial charge in [0.1, 0.15) is 0 Å². The van der Waals surface area contributed by atoms with Crippen molar-refractivity contribution >= 4 is 22.8 Å². The van der Waals surface area contributed by atoms with Crippen molar-refractivity contribution in [2.45, 2.75) is 18.9 Å². The summed E-state index contributed by atoms with van der Waals surface area (Å²) in [5.41, 5.74) is 2.99. The highest BCUT2D eigenvalue weighted by atomic mass is 16.6. The second kappa shape index (κ2) is 6.48. The number of nitro benzene ring substituents is 1. The number of hydrogen-bond donors (Lipinski definition) is 2. The number of rotatable bonds is 5. The van der Waals surface area contributed by atoms with Crippen LogP contribution in [0.15, 0.2) is 48.5 Å². The minimum absolute atomic E-state index is 0.0347. The lowest BCUT2D eigenvalue weighted by molar-refractivity contribution is -0.384. The molecule has 0 aliphatic carbocycles. The number of para-hydroxylation sites is 1. The first kappa shape index (κ1) is 15.0. The number of nitro groups is 1. The van der Waals surface area contributed by atoms with Crippen LogP contribution in [0.3, 0.4) is 0 Å². The number of benzene rings is 2. The maximum absolute atomic E-state index is 12.3. The zero-order chi connectivity index (χ0) is 16.2. The number of nitrogens with zero attached hydrogens (tertiary/aromatic N) is 1. The number of Topliss-reactive ketones (excluding diaryl/α,β-unsaturated/α-hetero) is 1. The molecule has 2 aromatic carbocycles. The van der Waals surface area contributed by atoms with E-state index in [1.54, 1.807) is 12.1 Å². The van der Waals surface area contributed by atoms with E-state index in [-0.39, 0.29) is 24.1 Å². The molecule has 2 aromatic rings. The van der Waals surface area contributed by atoms with Crippen LogP contribution in [-0.4, -0.2) is 23.3 Å². The Balaban J connectivity index is 1.57. The fourth-order valence-electron chi connectivity index (χ4n) is 2.69. The maximum atomic E-state index is 12.3. The molecule has 6 nitrogen and oxygen atoms in total. The average Bonchev–Trinajstić information content (AvgIpc) is 2.59. The van der Waals surface area contributed by atoms with Gasteiger partial charge in [0.05, 0.1) is 17.5 Å². The number of nitrogens with one attached hydrogen (secondary N) is 2. The van der Waals surface area contributed by atoms with E-state index in [2.05, 4.69) is 16.7 Å². The molecule has 0 saturated heterocycles. The number of fused-ring (bicyclic) bond motifs is 1. The number of ketones is 1. The van der Waals surface area contributed by atoms with Gasteiger partial charge in [-0.25, -0.2) is 0 Å². The lowest BCUT2D eigenvalue weighted by Gasteiger charge is -2.26. The molecule has 0 radical (unpaired) electrons. The minimum atomic E-state index is -0.446. The van der Waals surface area contributed by atoms with E-state index in [0.29, 0.717) is 5.69 Å². The molecule has 0 bridgehead atoms. The lowest BCUT2D eigenvalue weighted by atomic mass is 9.95. The Bertz CT molecular complexity index is 728. The Morgan fingerprint density at radius 1 is 1.22 bits per heavy atom. The quantitative estimate of drug-likeness (QED) is 0.655. The van der Waals surface area contributed by atoms with Crippen LogP contribution in [0.25, 0.3) is 0 Å². The normalized spacial score (nSPS) is 16.1. The molecule has 1 atom stereocenters. The maximum Gasteiger partial charge on any atom is 0.269 e. The van der Waals surface area contributed by atoms with Crippen molar-refractivity contribution in [2.24, 2.45) is 0 Å². The molecule has 2 N–H and O–H groups in total. The highest BCUT2D eigenvalue weighted by Gasteiger charge is 2.23. The van der Waals surface area contributed by atoms with Crippen molar-refractivity contribution < 1.29 is 9.72 Å². The van der Waals surface area contributed by atoms with Crippen LogP contribution in [0, 0.1) is 10.1 Å². The van der Waals surface area contributed by atoms with Crippen molar-refractivity contribution in [1.82, 2.24) is 0 Å². The Morgan fingerprint density at radius 3 is 2.70 bits per heavy atom. The van der Waals surface area contributed by atoms with Gasteiger partial charge in [-0.1, -0.05) is 18.2 Å². The highest BCUT2D eigenvalue weighted by Crippen LogP contribution is 2.24. The van der Waals surface area contributed by atoms with Gasteiger partial charge in [-0.05, 0) is 36.6 Å². The molecule has 0 saturated carbocycles. The summed E-state index contributed by atoms with van der Waals surface area (Å²) in [4.78, 5) is 22.5. The minimum Gasteiger partial charge on any atom is -0.378 e. The zero-order valence-electron chi connectivity index (χ0n) is 12.5. The van der Waals surface area contributed by atoms with E-state index >= 15 is 0 Å². The van der Waals surface area contributed by atoms with E-state index in [4.69, 9.17) is 0 Å². The van der Waals surface area contributed by atoms with Gasteiger partial charge in [0, 0.05) is 23.5 Å². The second-order valence-corrected chi connectivity index (χ2v) is 5.52. The van der Waals surface area contributed by atoms with Gasteiger partial charge in [0.25, 0.3) is 5.69 Å². The number of aryl methyl sites for hydroxylation is 1. The summed E-state index contributed by atoms with van der Waals surface area (Å²) in [6.07, 6.45) is 1.66. The van der Waals surface area contributed by atoms with Crippen molar-refractivity contribution in [3.05, 3.63) is 64.2 Å². The van der Waals surface area contributed by atoms with Crippen LogP contribution in [0.2, 0.25) is 0 Å². The molecule has 1 aliphatic heterocycles. The predicted molar refractivity (Wildman–Crippen MR) is 88.8 cm³/mol. The molecule has 3 rings (SSSR count). The highest BCUT2D eigenvalue weighted by molar-refractivity contribution is 5.90. The summed E-state index contributed by atoms with van der Waals surface area (Å²) in [6, 6.07) is 13.9. The van der Waals surface area contributed by atoms with Gasteiger partial charge < -0.3 is 10.6 Å². The molecular weight excluding hydrogens is 294 g/mol. The standard InChI is InChI=1S/C17H17N3O3/c21-17(11-18-13-6-8-14(9-7-13)20(22)23)16-10-5-12-3-1-2-4-15(12)19-16/h1-4,6-9,16,18-19H,5,10-11H2. The third kappa shape index (κ3) is 3.48. The summed E-state index contributed by atoms with van der Waals surface area (Å²) in [5.74, 6) is 0.0813. The third-order valence-corrected chi connectivity index (χ3v) is 3.98. The van der Waals surface area contributed by atoms with E-state index in [1.807, 2.05) is 18.2 Å². The Morgan fingerprint density at radius 2 is 1.96 bits per heavy atom. The van der Waals surface area contributed by atoms with Crippen LogP contribution in [0.1, 0.15) is 12.0 Å². The second-order valence-electron chi connectivity index (χ2n) is 5.52. The smallest absolute Gasteiger partial charge is 0.269 e. The molecule has 23 heavy (non-hydrogen) atoms. The number of hydrogen-bond acceptors (Lipinski definition) is 5. The topological polar surface area (TPSA) is 84.3 Å². The van der Waals surface area contributed by atoms with E-state index in [1.165, 1.54) is 17.7 Å². The van der Waals surface area contributed by atoms with Gasteiger partial charge in [0.15, 0.2) is 5.78 Å². The summed E-state index contributed by atoms with van der Waals surface area (Å²) in [7, 11) is 0. The molecule has 0 fully saturated rings. The van der Waals surface area contributed by atoms with Gasteiger partial charge in [-0.2, -0.15) is 0 Å². The average molecular weight is 311 g/mol. The number of anilines is 2. The third-order valence-electron chi connectivity index (χ3n) is 3.98. The fraction of sp³-hybridized carbons (Fsp3) is 0.235. The molecule has 1 heterocycles.